The summed E-state index contributed by atoms with van der Waals surface area (Å²) in [4.78, 5) is 39.5. The zero-order chi connectivity index (χ0) is 16.7. The highest BCUT2D eigenvalue weighted by molar-refractivity contribution is 6.35. The third kappa shape index (κ3) is 2.77. The highest BCUT2D eigenvalue weighted by Gasteiger charge is 2.49. The number of carbonyl (C=O) groups excluding carboxylic acids is 3. The number of rotatable bonds is 2. The van der Waals surface area contributed by atoms with Crippen molar-refractivity contribution in [3.05, 3.63) is 28.2 Å². The Hall–Kier alpha value is -1.79. The molecule has 0 aliphatic carbocycles. The molecule has 0 spiro atoms. The van der Waals surface area contributed by atoms with Gasteiger partial charge in [0.1, 0.15) is 6.04 Å². The fourth-order valence-corrected chi connectivity index (χ4v) is 3.60. The number of imide groups is 1. The average molecular weight is 357 g/mol. The van der Waals surface area contributed by atoms with Gasteiger partial charge >= 0.3 is 12.0 Å². The van der Waals surface area contributed by atoms with E-state index in [9.17, 15) is 14.4 Å². The largest absolute Gasteiger partial charge is 0.469 e. The molecule has 3 rings (SSSR count). The van der Waals surface area contributed by atoms with Gasteiger partial charge in [-0.3, -0.25) is 9.59 Å². The van der Waals surface area contributed by atoms with Crippen LogP contribution in [0.15, 0.2) is 18.2 Å². The molecule has 2 atom stereocenters. The lowest BCUT2D eigenvalue weighted by atomic mass is 9.91. The normalized spacial score (nSPS) is 24.0. The molecule has 1 aromatic carbocycles. The van der Waals surface area contributed by atoms with Crippen molar-refractivity contribution >= 4 is 46.8 Å². The lowest BCUT2D eigenvalue weighted by Crippen LogP contribution is -2.44. The monoisotopic (exact) mass is 356 g/mol. The van der Waals surface area contributed by atoms with Crippen LogP contribution in [0.1, 0.15) is 12.8 Å². The van der Waals surface area contributed by atoms with Crippen molar-refractivity contribution in [1.29, 1.82) is 0 Å². The van der Waals surface area contributed by atoms with E-state index in [0.717, 1.165) is 4.90 Å². The van der Waals surface area contributed by atoms with Crippen LogP contribution in [-0.4, -0.2) is 42.5 Å². The third-order valence-corrected chi connectivity index (χ3v) is 4.62. The summed E-state index contributed by atoms with van der Waals surface area (Å²) >= 11 is 11.9. The molecule has 3 amide bonds. The number of fused-ring (bicyclic) bond motifs is 1. The number of carbonyl (C=O) groups is 3. The van der Waals surface area contributed by atoms with Gasteiger partial charge in [-0.1, -0.05) is 23.2 Å². The Morgan fingerprint density at radius 1 is 1.22 bits per heavy atom. The number of urea groups is 1. The van der Waals surface area contributed by atoms with Crippen molar-refractivity contribution in [3.63, 3.8) is 0 Å². The number of halogens is 2. The number of hydrogen-bond acceptors (Lipinski definition) is 4. The van der Waals surface area contributed by atoms with E-state index in [-0.39, 0.29) is 24.2 Å². The highest BCUT2D eigenvalue weighted by atomic mass is 35.5. The Bertz CT molecular complexity index is 674. The first-order valence-corrected chi connectivity index (χ1v) is 7.86. The summed E-state index contributed by atoms with van der Waals surface area (Å²) in [6, 6.07) is 3.48. The van der Waals surface area contributed by atoms with Crippen molar-refractivity contribution in [2.45, 2.75) is 18.9 Å². The molecular weight excluding hydrogens is 343 g/mol. The van der Waals surface area contributed by atoms with Gasteiger partial charge in [0.2, 0.25) is 0 Å². The second-order valence-corrected chi connectivity index (χ2v) is 6.41. The number of anilines is 1. The molecule has 0 aromatic heterocycles. The van der Waals surface area contributed by atoms with Crippen molar-refractivity contribution in [1.82, 2.24) is 4.90 Å². The van der Waals surface area contributed by atoms with Crippen LogP contribution in [0.5, 0.6) is 0 Å². The molecule has 0 radical (unpaired) electrons. The van der Waals surface area contributed by atoms with Crippen molar-refractivity contribution in [3.8, 4) is 0 Å². The summed E-state index contributed by atoms with van der Waals surface area (Å²) in [6.07, 6.45) is 0.744. The smallest absolute Gasteiger partial charge is 0.332 e. The second kappa shape index (κ2) is 6.02. The van der Waals surface area contributed by atoms with Crippen LogP contribution >= 0.6 is 23.2 Å². The molecule has 8 heteroatoms. The van der Waals surface area contributed by atoms with Crippen LogP contribution in [0.4, 0.5) is 10.5 Å². The Balaban J connectivity index is 1.90. The zero-order valence-electron chi connectivity index (χ0n) is 12.3. The van der Waals surface area contributed by atoms with E-state index in [4.69, 9.17) is 27.9 Å². The number of methoxy groups -OCH3 is 1. The second-order valence-electron chi connectivity index (χ2n) is 5.54. The van der Waals surface area contributed by atoms with E-state index in [2.05, 4.69) is 0 Å². The van der Waals surface area contributed by atoms with Gasteiger partial charge in [-0.15, -0.1) is 0 Å². The van der Waals surface area contributed by atoms with Gasteiger partial charge in [0.15, 0.2) is 0 Å². The van der Waals surface area contributed by atoms with E-state index >= 15 is 0 Å². The molecule has 6 nitrogen and oxygen atoms in total. The van der Waals surface area contributed by atoms with Gasteiger partial charge in [0, 0.05) is 16.6 Å². The van der Waals surface area contributed by atoms with Crippen LogP contribution in [0.3, 0.4) is 0 Å². The Kier molecular flexibility index (Phi) is 4.21. The summed E-state index contributed by atoms with van der Waals surface area (Å²) in [5.74, 6) is -1.10. The molecular formula is C15H14Cl2N2O4. The number of ether oxygens (including phenoxy) is 1. The summed E-state index contributed by atoms with van der Waals surface area (Å²) in [5, 5.41) is 0.677. The SMILES string of the molecule is COC(=O)[C@H]1CCN2C(=O)N(c3cc(Cl)cc(Cl)c3)C(=O)[C@@H]2C1. The number of esters is 1. The topological polar surface area (TPSA) is 66.9 Å². The molecule has 2 saturated heterocycles. The van der Waals surface area contributed by atoms with Crippen LogP contribution in [0.2, 0.25) is 10.0 Å². The molecule has 122 valence electrons. The fourth-order valence-electron chi connectivity index (χ4n) is 3.09. The molecule has 2 fully saturated rings. The zero-order valence-corrected chi connectivity index (χ0v) is 13.8. The molecule has 0 saturated carbocycles. The summed E-state index contributed by atoms with van der Waals surface area (Å²) < 4.78 is 4.74. The van der Waals surface area contributed by atoms with Gasteiger partial charge < -0.3 is 9.64 Å². The van der Waals surface area contributed by atoms with Crippen LogP contribution in [0, 0.1) is 5.92 Å². The molecule has 0 N–H and O–H groups in total. The maximum absolute atomic E-state index is 12.7. The van der Waals surface area contributed by atoms with Crippen LogP contribution in [0.25, 0.3) is 0 Å². The van der Waals surface area contributed by atoms with E-state index in [0.29, 0.717) is 28.7 Å². The Morgan fingerprint density at radius 2 is 1.87 bits per heavy atom. The van der Waals surface area contributed by atoms with Crippen molar-refractivity contribution < 1.29 is 19.1 Å². The van der Waals surface area contributed by atoms with Crippen LogP contribution < -0.4 is 4.90 Å². The standard InChI is InChI=1S/C15H14Cl2N2O4/c1-23-14(21)8-2-3-18-12(4-8)13(20)19(15(18)22)11-6-9(16)5-10(17)7-11/h5-8,12H,2-4H2,1H3/t8-,12-/m0/s1. The minimum absolute atomic E-state index is 0.266. The van der Waals surface area contributed by atoms with Gasteiger partial charge in [-0.05, 0) is 31.0 Å². The van der Waals surface area contributed by atoms with E-state index in [1.165, 1.54) is 30.2 Å². The quantitative estimate of drug-likeness (QED) is 0.603. The predicted octanol–water partition coefficient (Wildman–Crippen LogP) is 2.71. The number of hydrogen-bond donors (Lipinski definition) is 0. The highest BCUT2D eigenvalue weighted by Crippen LogP contribution is 2.35. The van der Waals surface area contributed by atoms with Crippen molar-refractivity contribution in [2.24, 2.45) is 5.92 Å². The Morgan fingerprint density at radius 3 is 2.48 bits per heavy atom. The Labute approximate surface area is 142 Å². The summed E-state index contributed by atoms with van der Waals surface area (Å²) in [7, 11) is 1.32. The molecule has 2 aliphatic heterocycles. The lowest BCUT2D eigenvalue weighted by molar-refractivity contribution is -0.147. The van der Waals surface area contributed by atoms with E-state index < -0.39 is 12.1 Å². The summed E-state index contributed by atoms with van der Waals surface area (Å²) in [5.41, 5.74) is 0.335. The molecule has 2 heterocycles. The number of amides is 3. The first kappa shape index (κ1) is 16.1. The number of piperidine rings is 1. The molecule has 1 aromatic rings. The molecule has 0 unspecified atom stereocenters. The number of benzene rings is 1. The van der Waals surface area contributed by atoms with Crippen molar-refractivity contribution in [2.75, 3.05) is 18.6 Å². The number of nitrogens with zero attached hydrogens (tertiary/aromatic N) is 2. The summed E-state index contributed by atoms with van der Waals surface area (Å²) in [6.45, 7) is 0.333. The van der Waals surface area contributed by atoms with Gasteiger partial charge in [-0.2, -0.15) is 0 Å². The maximum Gasteiger partial charge on any atom is 0.332 e. The van der Waals surface area contributed by atoms with E-state index in [1.54, 1.807) is 0 Å². The minimum atomic E-state index is -0.655. The van der Waals surface area contributed by atoms with Gasteiger partial charge in [0.05, 0.1) is 18.7 Å². The molecule has 23 heavy (non-hydrogen) atoms. The third-order valence-electron chi connectivity index (χ3n) is 4.18. The van der Waals surface area contributed by atoms with Gasteiger partial charge in [0.25, 0.3) is 5.91 Å². The van der Waals surface area contributed by atoms with Crippen LogP contribution in [-0.2, 0) is 14.3 Å². The first-order valence-electron chi connectivity index (χ1n) is 7.11. The first-order chi connectivity index (χ1) is 10.9. The fraction of sp³-hybridized carbons (Fsp3) is 0.400. The predicted molar refractivity (Wildman–Crippen MR) is 84.6 cm³/mol. The minimum Gasteiger partial charge on any atom is -0.469 e. The van der Waals surface area contributed by atoms with E-state index in [1.807, 2.05) is 0 Å². The lowest BCUT2D eigenvalue weighted by Gasteiger charge is -2.30. The molecule has 2 aliphatic rings. The molecule has 0 bridgehead atoms. The maximum atomic E-state index is 12.7. The van der Waals surface area contributed by atoms with Gasteiger partial charge in [-0.25, -0.2) is 9.69 Å². The average Bonchev–Trinajstić information content (AvgIpc) is 2.76.